The van der Waals surface area contributed by atoms with Crippen LogP contribution in [-0.4, -0.2) is 17.7 Å². The van der Waals surface area contributed by atoms with Crippen molar-refractivity contribution in [3.63, 3.8) is 0 Å². The van der Waals surface area contributed by atoms with Crippen molar-refractivity contribution in [3.8, 4) is 0 Å². The van der Waals surface area contributed by atoms with Crippen LogP contribution in [0.3, 0.4) is 0 Å². The topological polar surface area (TPSA) is 46.2 Å². The zero-order chi connectivity index (χ0) is 11.5. The van der Waals surface area contributed by atoms with E-state index in [1.165, 1.54) is 0 Å². The van der Waals surface area contributed by atoms with Crippen LogP contribution in [0.15, 0.2) is 24.3 Å². The molecule has 1 aromatic rings. The van der Waals surface area contributed by atoms with Crippen molar-refractivity contribution in [1.29, 1.82) is 0 Å². The lowest BCUT2D eigenvalue weighted by Crippen LogP contribution is -2.40. The predicted octanol–water partition coefficient (Wildman–Crippen LogP) is 2.03. The van der Waals surface area contributed by atoms with E-state index in [2.05, 4.69) is 5.32 Å². The molecule has 0 fully saturated rings. The van der Waals surface area contributed by atoms with E-state index in [1.54, 1.807) is 24.3 Å². The fraction of sp³-hybridized carbons (Fsp3) is 0.333. The first-order chi connectivity index (χ1) is 6.92. The van der Waals surface area contributed by atoms with Crippen LogP contribution in [0.1, 0.15) is 41.5 Å². The van der Waals surface area contributed by atoms with Crippen molar-refractivity contribution >= 4 is 12.2 Å². The minimum atomic E-state index is -0.250. The number of nitrogens with one attached hydrogen (secondary N) is 1. The number of benzene rings is 1. The highest BCUT2D eigenvalue weighted by atomic mass is 16.1. The molecule has 0 aliphatic carbocycles. The van der Waals surface area contributed by atoms with Crippen LogP contribution in [0.5, 0.6) is 0 Å². The number of carbonyl (C=O) groups is 2. The van der Waals surface area contributed by atoms with E-state index in [1.807, 2.05) is 20.8 Å². The molecule has 80 valence electrons. The second-order valence-corrected chi connectivity index (χ2v) is 4.44. The van der Waals surface area contributed by atoms with Crippen LogP contribution in [0.25, 0.3) is 0 Å². The molecule has 0 spiro atoms. The molecule has 0 atom stereocenters. The van der Waals surface area contributed by atoms with Gasteiger partial charge in [0.2, 0.25) is 0 Å². The molecule has 0 aromatic heterocycles. The van der Waals surface area contributed by atoms with E-state index in [0.29, 0.717) is 11.1 Å². The molecular weight excluding hydrogens is 190 g/mol. The van der Waals surface area contributed by atoms with Gasteiger partial charge in [-0.2, -0.15) is 0 Å². The molecule has 15 heavy (non-hydrogen) atoms. The zero-order valence-corrected chi connectivity index (χ0v) is 9.20. The summed E-state index contributed by atoms with van der Waals surface area (Å²) in [5.74, 6) is -0.125. The van der Waals surface area contributed by atoms with E-state index in [9.17, 15) is 9.59 Å². The van der Waals surface area contributed by atoms with Gasteiger partial charge in [0, 0.05) is 16.7 Å². The first-order valence-corrected chi connectivity index (χ1v) is 4.80. The molecule has 0 saturated carbocycles. The normalized spacial score (nSPS) is 10.9. The molecule has 1 amide bonds. The number of aldehydes is 1. The Bertz CT molecular complexity index is 360. The summed E-state index contributed by atoms with van der Waals surface area (Å²) >= 11 is 0. The third-order valence-corrected chi connectivity index (χ3v) is 1.80. The van der Waals surface area contributed by atoms with Crippen molar-refractivity contribution in [3.05, 3.63) is 35.4 Å². The molecule has 1 aromatic carbocycles. The summed E-state index contributed by atoms with van der Waals surface area (Å²) in [5.41, 5.74) is 0.887. The van der Waals surface area contributed by atoms with Crippen LogP contribution in [0.4, 0.5) is 0 Å². The van der Waals surface area contributed by atoms with E-state index in [0.717, 1.165) is 6.29 Å². The number of hydrogen-bond donors (Lipinski definition) is 1. The molecule has 1 rings (SSSR count). The summed E-state index contributed by atoms with van der Waals surface area (Å²) in [4.78, 5) is 22.1. The highest BCUT2D eigenvalue weighted by Crippen LogP contribution is 2.05. The summed E-state index contributed by atoms with van der Waals surface area (Å²) in [7, 11) is 0. The Morgan fingerprint density at radius 1 is 1.20 bits per heavy atom. The smallest absolute Gasteiger partial charge is 0.251 e. The number of rotatable bonds is 2. The number of amides is 1. The lowest BCUT2D eigenvalue weighted by atomic mass is 10.1. The third kappa shape index (κ3) is 3.54. The molecule has 0 heterocycles. The first kappa shape index (κ1) is 11.4. The largest absolute Gasteiger partial charge is 0.347 e. The summed E-state index contributed by atoms with van der Waals surface area (Å²) < 4.78 is 0. The molecule has 0 aliphatic rings. The minimum absolute atomic E-state index is 0.125. The van der Waals surface area contributed by atoms with Crippen LogP contribution >= 0.6 is 0 Å². The van der Waals surface area contributed by atoms with Gasteiger partial charge in [-0.25, -0.2) is 0 Å². The Morgan fingerprint density at radius 2 is 1.73 bits per heavy atom. The van der Waals surface area contributed by atoms with Gasteiger partial charge < -0.3 is 5.32 Å². The quantitative estimate of drug-likeness (QED) is 0.751. The van der Waals surface area contributed by atoms with Crippen molar-refractivity contribution in [2.24, 2.45) is 0 Å². The SMILES string of the molecule is CC(C)(C)NC(=O)c1ccc(C=O)cc1. The summed E-state index contributed by atoms with van der Waals surface area (Å²) in [6.07, 6.45) is 0.755. The predicted molar refractivity (Wildman–Crippen MR) is 59.0 cm³/mol. The van der Waals surface area contributed by atoms with Crippen LogP contribution < -0.4 is 5.32 Å². The van der Waals surface area contributed by atoms with E-state index in [-0.39, 0.29) is 11.4 Å². The standard InChI is InChI=1S/C12H15NO2/c1-12(2,3)13-11(15)10-6-4-9(8-14)5-7-10/h4-8H,1-3H3,(H,13,15). The third-order valence-electron chi connectivity index (χ3n) is 1.80. The van der Waals surface area contributed by atoms with E-state index in [4.69, 9.17) is 0 Å². The second kappa shape index (κ2) is 4.26. The monoisotopic (exact) mass is 205 g/mol. The zero-order valence-electron chi connectivity index (χ0n) is 9.20. The van der Waals surface area contributed by atoms with Gasteiger partial charge in [-0.15, -0.1) is 0 Å². The molecule has 3 nitrogen and oxygen atoms in total. The summed E-state index contributed by atoms with van der Waals surface area (Å²) in [6, 6.07) is 6.55. The van der Waals surface area contributed by atoms with Crippen molar-refractivity contribution < 1.29 is 9.59 Å². The van der Waals surface area contributed by atoms with Crippen molar-refractivity contribution in [1.82, 2.24) is 5.32 Å². The van der Waals surface area contributed by atoms with E-state index >= 15 is 0 Å². The average molecular weight is 205 g/mol. The van der Waals surface area contributed by atoms with Crippen molar-refractivity contribution in [2.75, 3.05) is 0 Å². The summed E-state index contributed by atoms with van der Waals surface area (Å²) in [5, 5.41) is 2.85. The van der Waals surface area contributed by atoms with Crippen LogP contribution in [0.2, 0.25) is 0 Å². The number of carbonyl (C=O) groups excluding carboxylic acids is 2. The van der Waals surface area contributed by atoms with Gasteiger partial charge in [-0.1, -0.05) is 12.1 Å². The van der Waals surface area contributed by atoms with Gasteiger partial charge in [-0.05, 0) is 32.9 Å². The van der Waals surface area contributed by atoms with Gasteiger partial charge in [-0.3, -0.25) is 9.59 Å². The Labute approximate surface area is 89.5 Å². The van der Waals surface area contributed by atoms with Crippen molar-refractivity contribution in [2.45, 2.75) is 26.3 Å². The van der Waals surface area contributed by atoms with Gasteiger partial charge in [0.15, 0.2) is 0 Å². The Morgan fingerprint density at radius 3 is 2.13 bits per heavy atom. The molecule has 0 saturated heterocycles. The van der Waals surface area contributed by atoms with Gasteiger partial charge >= 0.3 is 0 Å². The molecule has 1 N–H and O–H groups in total. The van der Waals surface area contributed by atoms with Gasteiger partial charge in [0.1, 0.15) is 6.29 Å². The lowest BCUT2D eigenvalue weighted by Gasteiger charge is -2.20. The lowest BCUT2D eigenvalue weighted by molar-refractivity contribution is 0.0919. The fourth-order valence-electron chi connectivity index (χ4n) is 1.13. The Hall–Kier alpha value is -1.64. The maximum atomic E-state index is 11.7. The second-order valence-electron chi connectivity index (χ2n) is 4.44. The minimum Gasteiger partial charge on any atom is -0.347 e. The molecule has 0 aliphatic heterocycles. The molecule has 3 heteroatoms. The van der Waals surface area contributed by atoms with Crippen LogP contribution in [0, 0.1) is 0 Å². The number of hydrogen-bond acceptors (Lipinski definition) is 2. The highest BCUT2D eigenvalue weighted by molar-refractivity contribution is 5.95. The van der Waals surface area contributed by atoms with E-state index < -0.39 is 0 Å². The van der Waals surface area contributed by atoms with Crippen LogP contribution in [-0.2, 0) is 0 Å². The van der Waals surface area contributed by atoms with Gasteiger partial charge in [0.05, 0.1) is 0 Å². The average Bonchev–Trinajstić information content (AvgIpc) is 2.15. The maximum absolute atomic E-state index is 11.7. The molecule has 0 bridgehead atoms. The Balaban J connectivity index is 2.79. The summed E-state index contributed by atoms with van der Waals surface area (Å²) in [6.45, 7) is 5.76. The van der Waals surface area contributed by atoms with Gasteiger partial charge in [0.25, 0.3) is 5.91 Å². The first-order valence-electron chi connectivity index (χ1n) is 4.80. The maximum Gasteiger partial charge on any atom is 0.251 e. The molecular formula is C12H15NO2. The molecule has 0 radical (unpaired) electrons. The molecule has 0 unspecified atom stereocenters. The fourth-order valence-corrected chi connectivity index (χ4v) is 1.13. The highest BCUT2D eigenvalue weighted by Gasteiger charge is 2.14. The Kier molecular flexibility index (Phi) is 3.24.